The zero-order valence-corrected chi connectivity index (χ0v) is 10.5. The molecule has 3 nitrogen and oxygen atoms in total. The first-order chi connectivity index (χ1) is 8.67. The maximum absolute atomic E-state index is 13.2. The summed E-state index contributed by atoms with van der Waals surface area (Å²) in [5, 5.41) is 11.3. The number of hydrogen-bond acceptors (Lipinski definition) is 4. The van der Waals surface area contributed by atoms with Crippen molar-refractivity contribution in [2.75, 3.05) is 6.61 Å². The molecule has 18 heavy (non-hydrogen) atoms. The van der Waals surface area contributed by atoms with E-state index in [2.05, 4.69) is 0 Å². The molecule has 1 heterocycles. The third-order valence-corrected chi connectivity index (χ3v) is 3.32. The van der Waals surface area contributed by atoms with Crippen molar-refractivity contribution in [1.82, 2.24) is 0 Å². The van der Waals surface area contributed by atoms with Crippen LogP contribution in [0.1, 0.15) is 16.6 Å². The largest absolute Gasteiger partial charge is 0.506 e. The van der Waals surface area contributed by atoms with Gasteiger partial charge in [0.1, 0.15) is 17.3 Å². The van der Waals surface area contributed by atoms with Crippen LogP contribution in [0.2, 0.25) is 0 Å². The van der Waals surface area contributed by atoms with Crippen molar-refractivity contribution in [2.24, 2.45) is 0 Å². The highest BCUT2D eigenvalue weighted by Crippen LogP contribution is 2.41. The summed E-state index contributed by atoms with van der Waals surface area (Å²) in [6.07, 6.45) is 0.665. The highest BCUT2D eigenvalue weighted by atomic mass is 32.1. The number of carbonyl (C=O) groups is 1. The fourth-order valence-electron chi connectivity index (χ4n) is 1.70. The van der Waals surface area contributed by atoms with Gasteiger partial charge in [0.05, 0.1) is 11.5 Å². The number of halogens is 1. The Balaban J connectivity index is 2.62. The fourth-order valence-corrected chi connectivity index (χ4v) is 2.44. The predicted molar refractivity (Wildman–Crippen MR) is 67.9 cm³/mol. The van der Waals surface area contributed by atoms with E-state index < -0.39 is 5.82 Å². The number of benzene rings is 1. The first-order valence-electron chi connectivity index (χ1n) is 5.35. The predicted octanol–water partition coefficient (Wildman–Crippen LogP) is 3.47. The summed E-state index contributed by atoms with van der Waals surface area (Å²) in [7, 11) is 0. The van der Waals surface area contributed by atoms with Crippen molar-refractivity contribution in [2.45, 2.75) is 6.92 Å². The van der Waals surface area contributed by atoms with Crippen LogP contribution in [0, 0.1) is 5.82 Å². The molecule has 0 bridgehead atoms. The lowest BCUT2D eigenvalue weighted by molar-refractivity contribution is 0.112. The first-order valence-corrected chi connectivity index (χ1v) is 6.23. The van der Waals surface area contributed by atoms with Crippen molar-refractivity contribution < 1.29 is 19.0 Å². The van der Waals surface area contributed by atoms with Crippen molar-refractivity contribution in [3.05, 3.63) is 34.3 Å². The molecule has 2 aromatic rings. The molecule has 0 aliphatic carbocycles. The second kappa shape index (κ2) is 5.18. The zero-order valence-electron chi connectivity index (χ0n) is 9.64. The van der Waals surface area contributed by atoms with Crippen LogP contribution < -0.4 is 4.74 Å². The van der Waals surface area contributed by atoms with Crippen molar-refractivity contribution in [3.63, 3.8) is 0 Å². The van der Waals surface area contributed by atoms with Crippen molar-refractivity contribution >= 4 is 17.6 Å². The lowest BCUT2D eigenvalue weighted by Gasteiger charge is -2.10. The minimum absolute atomic E-state index is 0.00494. The third-order valence-electron chi connectivity index (χ3n) is 2.42. The van der Waals surface area contributed by atoms with Crippen LogP contribution in [0.4, 0.5) is 4.39 Å². The van der Waals surface area contributed by atoms with E-state index in [1.165, 1.54) is 23.6 Å². The summed E-state index contributed by atoms with van der Waals surface area (Å²) < 4.78 is 18.5. The van der Waals surface area contributed by atoms with Crippen LogP contribution in [0.25, 0.3) is 11.1 Å². The van der Waals surface area contributed by atoms with Gasteiger partial charge >= 0.3 is 0 Å². The molecule has 0 radical (unpaired) electrons. The second-order valence-corrected chi connectivity index (χ2v) is 4.46. The average Bonchev–Trinajstić information content (AvgIpc) is 2.71. The van der Waals surface area contributed by atoms with E-state index >= 15 is 0 Å². The summed E-state index contributed by atoms with van der Waals surface area (Å²) in [5.74, 6) is -0.117. The Morgan fingerprint density at radius 2 is 2.28 bits per heavy atom. The topological polar surface area (TPSA) is 46.5 Å². The molecule has 0 spiro atoms. The van der Waals surface area contributed by atoms with Gasteiger partial charge in [-0.3, -0.25) is 4.79 Å². The quantitative estimate of drug-likeness (QED) is 0.862. The molecule has 0 atom stereocenters. The number of hydrogen-bond donors (Lipinski definition) is 1. The zero-order chi connectivity index (χ0) is 13.1. The summed E-state index contributed by atoms with van der Waals surface area (Å²) in [6.45, 7) is 2.15. The molecule has 1 N–H and O–H groups in total. The van der Waals surface area contributed by atoms with E-state index in [-0.39, 0.29) is 5.75 Å². The van der Waals surface area contributed by atoms with Crippen LogP contribution >= 0.6 is 11.3 Å². The van der Waals surface area contributed by atoms with Crippen molar-refractivity contribution in [1.29, 1.82) is 0 Å². The first kappa shape index (κ1) is 12.6. The van der Waals surface area contributed by atoms with E-state index in [0.29, 0.717) is 34.6 Å². The van der Waals surface area contributed by atoms with Gasteiger partial charge in [-0.2, -0.15) is 0 Å². The van der Waals surface area contributed by atoms with E-state index in [1.807, 2.05) is 0 Å². The SMILES string of the molecule is CCOc1cc(F)ccc1-c1c(O)csc1C=O. The highest BCUT2D eigenvalue weighted by Gasteiger charge is 2.17. The summed E-state index contributed by atoms with van der Waals surface area (Å²) >= 11 is 1.13. The molecule has 1 aromatic heterocycles. The monoisotopic (exact) mass is 266 g/mol. The van der Waals surface area contributed by atoms with E-state index in [9.17, 15) is 14.3 Å². The van der Waals surface area contributed by atoms with Crippen LogP contribution in [0.15, 0.2) is 23.6 Å². The van der Waals surface area contributed by atoms with Crippen LogP contribution in [-0.2, 0) is 0 Å². The molecular weight excluding hydrogens is 255 g/mol. The molecule has 0 amide bonds. The van der Waals surface area contributed by atoms with Crippen LogP contribution in [0.3, 0.4) is 0 Å². The minimum atomic E-state index is -0.426. The lowest BCUT2D eigenvalue weighted by Crippen LogP contribution is -1.95. The Morgan fingerprint density at radius 3 is 2.94 bits per heavy atom. The molecule has 0 saturated heterocycles. The third kappa shape index (κ3) is 2.22. The summed E-state index contributed by atoms with van der Waals surface area (Å²) in [6, 6.07) is 4.00. The Labute approximate surface area is 107 Å². The maximum Gasteiger partial charge on any atom is 0.160 e. The Morgan fingerprint density at radius 1 is 1.50 bits per heavy atom. The molecule has 0 unspecified atom stereocenters. The van der Waals surface area contributed by atoms with E-state index in [0.717, 1.165) is 11.3 Å². The molecule has 5 heteroatoms. The van der Waals surface area contributed by atoms with Gasteiger partial charge in [-0.25, -0.2) is 4.39 Å². The Kier molecular flexibility index (Phi) is 3.62. The molecule has 0 aliphatic rings. The Hall–Kier alpha value is -1.88. The van der Waals surface area contributed by atoms with Crippen molar-refractivity contribution in [3.8, 4) is 22.6 Å². The Bertz CT molecular complexity index is 578. The van der Waals surface area contributed by atoms with Gasteiger partial charge in [0.25, 0.3) is 0 Å². The number of carbonyl (C=O) groups excluding carboxylic acids is 1. The summed E-state index contributed by atoms with van der Waals surface area (Å²) in [5.41, 5.74) is 0.901. The van der Waals surface area contributed by atoms with Gasteiger partial charge in [-0.15, -0.1) is 11.3 Å². The number of thiophene rings is 1. The van der Waals surface area contributed by atoms with Gasteiger partial charge in [-0.1, -0.05) is 0 Å². The smallest absolute Gasteiger partial charge is 0.160 e. The van der Waals surface area contributed by atoms with E-state index in [4.69, 9.17) is 4.74 Å². The van der Waals surface area contributed by atoms with Crippen LogP contribution in [0.5, 0.6) is 11.5 Å². The normalized spacial score (nSPS) is 10.3. The fraction of sp³-hybridized carbons (Fsp3) is 0.154. The van der Waals surface area contributed by atoms with Crippen LogP contribution in [-0.4, -0.2) is 18.0 Å². The van der Waals surface area contributed by atoms with E-state index in [1.54, 1.807) is 6.92 Å². The number of aldehydes is 1. The molecule has 2 rings (SSSR count). The molecule has 0 fully saturated rings. The second-order valence-electron chi connectivity index (χ2n) is 3.55. The number of aromatic hydroxyl groups is 1. The number of rotatable bonds is 4. The number of ether oxygens (including phenoxy) is 1. The lowest BCUT2D eigenvalue weighted by atomic mass is 10.0. The molecular formula is C13H11FO3S. The standard InChI is InChI=1S/C13H11FO3S/c1-2-17-11-5-8(14)3-4-9(11)13-10(16)7-18-12(13)6-15/h3-7,16H,2H2,1H3. The van der Waals surface area contributed by atoms with Gasteiger partial charge in [0.2, 0.25) is 0 Å². The summed E-state index contributed by atoms with van der Waals surface area (Å²) in [4.78, 5) is 11.3. The van der Waals surface area contributed by atoms with Gasteiger partial charge in [0.15, 0.2) is 6.29 Å². The molecule has 0 saturated carbocycles. The van der Waals surface area contributed by atoms with Gasteiger partial charge in [-0.05, 0) is 19.1 Å². The van der Waals surface area contributed by atoms with Gasteiger partial charge in [0, 0.05) is 22.6 Å². The molecule has 1 aromatic carbocycles. The highest BCUT2D eigenvalue weighted by molar-refractivity contribution is 7.12. The maximum atomic E-state index is 13.2. The minimum Gasteiger partial charge on any atom is -0.506 e. The van der Waals surface area contributed by atoms with Gasteiger partial charge < -0.3 is 9.84 Å². The molecule has 94 valence electrons. The average molecular weight is 266 g/mol. The molecule has 0 aliphatic heterocycles.